The summed E-state index contributed by atoms with van der Waals surface area (Å²) in [5.41, 5.74) is -0.741. The van der Waals surface area contributed by atoms with Crippen molar-refractivity contribution in [2.24, 2.45) is 10.2 Å². The van der Waals surface area contributed by atoms with Crippen molar-refractivity contribution in [3.05, 3.63) is 30.3 Å². The summed E-state index contributed by atoms with van der Waals surface area (Å²) in [4.78, 5) is 10.2. The molecule has 0 bridgehead atoms. The largest absolute Gasteiger partial charge is 0.479 e. The average molecular weight is 199 g/mol. The lowest BCUT2D eigenvalue weighted by Crippen LogP contribution is -2.08. The SMILES string of the molecule is O=C(O)C(Cl)N=Nc1ccccc1. The molecule has 0 amide bonds. The highest BCUT2D eigenvalue weighted by Gasteiger charge is 2.10. The zero-order valence-electron chi connectivity index (χ0n) is 6.59. The van der Waals surface area contributed by atoms with Crippen molar-refractivity contribution in [2.75, 3.05) is 0 Å². The number of carboxylic acids is 1. The Kier molecular flexibility index (Phi) is 3.40. The second-order valence-corrected chi connectivity index (χ2v) is 2.64. The van der Waals surface area contributed by atoms with Gasteiger partial charge in [0.15, 0.2) is 0 Å². The van der Waals surface area contributed by atoms with Gasteiger partial charge in [0.25, 0.3) is 0 Å². The Bertz CT molecular complexity index is 313. The summed E-state index contributed by atoms with van der Waals surface area (Å²) in [7, 11) is 0. The number of carboxylic acid groups (broad SMARTS) is 1. The second kappa shape index (κ2) is 4.57. The summed E-state index contributed by atoms with van der Waals surface area (Å²) in [5.74, 6) is -1.21. The lowest BCUT2D eigenvalue weighted by Gasteiger charge is -1.93. The number of alkyl halides is 1. The molecule has 13 heavy (non-hydrogen) atoms. The molecule has 0 aromatic heterocycles. The topological polar surface area (TPSA) is 62.0 Å². The summed E-state index contributed by atoms with van der Waals surface area (Å²) in [6.07, 6.45) is 0. The molecule has 0 aliphatic carbocycles. The highest BCUT2D eigenvalue weighted by Crippen LogP contribution is 2.12. The van der Waals surface area contributed by atoms with Crippen molar-refractivity contribution < 1.29 is 9.90 Å². The molecule has 0 aliphatic rings. The highest BCUT2D eigenvalue weighted by atomic mass is 35.5. The fourth-order valence-electron chi connectivity index (χ4n) is 0.661. The van der Waals surface area contributed by atoms with E-state index < -0.39 is 11.5 Å². The van der Waals surface area contributed by atoms with Crippen LogP contribution in [0.4, 0.5) is 5.69 Å². The van der Waals surface area contributed by atoms with Crippen LogP contribution in [0.5, 0.6) is 0 Å². The van der Waals surface area contributed by atoms with Crippen molar-refractivity contribution in [3.63, 3.8) is 0 Å². The molecule has 0 fully saturated rings. The third kappa shape index (κ3) is 3.21. The van der Waals surface area contributed by atoms with Gasteiger partial charge in [0, 0.05) is 0 Å². The predicted molar refractivity (Wildman–Crippen MR) is 48.2 cm³/mol. The number of halogens is 1. The van der Waals surface area contributed by atoms with E-state index in [9.17, 15) is 4.79 Å². The van der Waals surface area contributed by atoms with Gasteiger partial charge >= 0.3 is 5.97 Å². The molecule has 0 heterocycles. The Morgan fingerprint density at radius 1 is 1.38 bits per heavy atom. The van der Waals surface area contributed by atoms with Gasteiger partial charge in [-0.15, -0.1) is 0 Å². The first kappa shape index (κ1) is 9.67. The summed E-state index contributed by atoms with van der Waals surface area (Å²) >= 11 is 5.31. The van der Waals surface area contributed by atoms with Gasteiger partial charge in [0.05, 0.1) is 5.69 Å². The lowest BCUT2D eigenvalue weighted by molar-refractivity contribution is -0.136. The number of aliphatic carboxylic acids is 1. The van der Waals surface area contributed by atoms with Crippen molar-refractivity contribution >= 4 is 23.3 Å². The number of hydrogen-bond acceptors (Lipinski definition) is 3. The van der Waals surface area contributed by atoms with Crippen LogP contribution in [0.1, 0.15) is 0 Å². The molecule has 5 heteroatoms. The molecule has 0 saturated heterocycles. The summed E-state index contributed by atoms with van der Waals surface area (Å²) in [6, 6.07) is 8.79. The van der Waals surface area contributed by atoms with Gasteiger partial charge < -0.3 is 5.11 Å². The molecule has 0 saturated carbocycles. The zero-order chi connectivity index (χ0) is 9.68. The molecule has 68 valence electrons. The van der Waals surface area contributed by atoms with Gasteiger partial charge in [0.1, 0.15) is 0 Å². The quantitative estimate of drug-likeness (QED) is 0.461. The van der Waals surface area contributed by atoms with Crippen LogP contribution < -0.4 is 0 Å². The molecule has 0 radical (unpaired) electrons. The van der Waals surface area contributed by atoms with Gasteiger partial charge in [-0.3, -0.25) is 0 Å². The Morgan fingerprint density at radius 2 is 2.00 bits per heavy atom. The summed E-state index contributed by atoms with van der Waals surface area (Å²) in [6.45, 7) is 0. The lowest BCUT2D eigenvalue weighted by atomic mass is 10.3. The molecule has 1 atom stereocenters. The number of benzene rings is 1. The Balaban J connectivity index is 2.64. The van der Waals surface area contributed by atoms with Crippen molar-refractivity contribution in [3.8, 4) is 0 Å². The average Bonchev–Trinajstić information content (AvgIpc) is 2.15. The van der Waals surface area contributed by atoms with E-state index in [0.717, 1.165) is 0 Å². The van der Waals surface area contributed by atoms with Crippen LogP contribution in [0, 0.1) is 0 Å². The normalized spacial score (nSPS) is 13.0. The first-order valence-electron chi connectivity index (χ1n) is 3.53. The van der Waals surface area contributed by atoms with Crippen LogP contribution in [0.15, 0.2) is 40.6 Å². The van der Waals surface area contributed by atoms with Crippen molar-refractivity contribution in [1.82, 2.24) is 0 Å². The van der Waals surface area contributed by atoms with Gasteiger partial charge in [-0.1, -0.05) is 29.8 Å². The van der Waals surface area contributed by atoms with E-state index in [1.54, 1.807) is 24.3 Å². The Morgan fingerprint density at radius 3 is 2.54 bits per heavy atom. The maximum Gasteiger partial charge on any atom is 0.345 e. The first-order valence-corrected chi connectivity index (χ1v) is 3.96. The van der Waals surface area contributed by atoms with E-state index in [-0.39, 0.29) is 0 Å². The molecule has 0 spiro atoms. The third-order valence-corrected chi connectivity index (χ3v) is 1.51. The standard InChI is InChI=1S/C8H7ClN2O2/c9-7(8(12)13)11-10-6-4-2-1-3-5-6/h1-5,7H,(H,12,13). The van der Waals surface area contributed by atoms with Crippen molar-refractivity contribution in [1.29, 1.82) is 0 Å². The van der Waals surface area contributed by atoms with E-state index in [4.69, 9.17) is 16.7 Å². The van der Waals surface area contributed by atoms with E-state index >= 15 is 0 Å². The molecule has 1 aromatic rings. The third-order valence-electron chi connectivity index (χ3n) is 1.23. The van der Waals surface area contributed by atoms with Crippen LogP contribution in [0.25, 0.3) is 0 Å². The molecule has 4 nitrogen and oxygen atoms in total. The maximum atomic E-state index is 10.2. The smallest absolute Gasteiger partial charge is 0.345 e. The van der Waals surface area contributed by atoms with Crippen LogP contribution in [-0.4, -0.2) is 16.6 Å². The molecule has 1 aromatic carbocycles. The minimum Gasteiger partial charge on any atom is -0.479 e. The molecular formula is C8H7ClN2O2. The fraction of sp³-hybridized carbons (Fsp3) is 0.125. The number of nitrogens with zero attached hydrogens (tertiary/aromatic N) is 2. The second-order valence-electron chi connectivity index (χ2n) is 2.23. The molecule has 1 rings (SSSR count). The predicted octanol–water partition coefficient (Wildman–Crippen LogP) is 2.42. The van der Waals surface area contributed by atoms with E-state index in [2.05, 4.69) is 10.2 Å². The van der Waals surface area contributed by atoms with E-state index in [1.807, 2.05) is 6.07 Å². The van der Waals surface area contributed by atoms with E-state index in [1.165, 1.54) is 0 Å². The van der Waals surface area contributed by atoms with Crippen LogP contribution >= 0.6 is 11.6 Å². The Hall–Kier alpha value is -1.42. The summed E-state index contributed by atoms with van der Waals surface area (Å²) < 4.78 is 0. The van der Waals surface area contributed by atoms with Gasteiger partial charge in [-0.2, -0.15) is 10.2 Å². The number of hydrogen-bond donors (Lipinski definition) is 1. The minimum atomic E-state index is -1.32. The molecular weight excluding hydrogens is 192 g/mol. The van der Waals surface area contributed by atoms with E-state index in [0.29, 0.717) is 5.69 Å². The monoisotopic (exact) mass is 198 g/mol. The van der Waals surface area contributed by atoms with Gasteiger partial charge in [-0.05, 0) is 12.1 Å². The number of azo groups is 1. The fourth-order valence-corrected chi connectivity index (χ4v) is 0.705. The maximum absolute atomic E-state index is 10.2. The number of rotatable bonds is 3. The minimum absolute atomic E-state index is 0.578. The first-order chi connectivity index (χ1) is 6.20. The zero-order valence-corrected chi connectivity index (χ0v) is 7.35. The Labute approximate surface area is 79.9 Å². The van der Waals surface area contributed by atoms with Crippen LogP contribution in [0.2, 0.25) is 0 Å². The van der Waals surface area contributed by atoms with Gasteiger partial charge in [-0.25, -0.2) is 4.79 Å². The highest BCUT2D eigenvalue weighted by molar-refractivity contribution is 6.29. The van der Waals surface area contributed by atoms with Crippen molar-refractivity contribution in [2.45, 2.75) is 5.50 Å². The number of carbonyl (C=O) groups is 1. The molecule has 0 aliphatic heterocycles. The molecule has 1 unspecified atom stereocenters. The molecule has 1 N–H and O–H groups in total. The van der Waals surface area contributed by atoms with Crippen LogP contribution in [0.3, 0.4) is 0 Å². The summed E-state index contributed by atoms with van der Waals surface area (Å²) in [5, 5.41) is 15.4. The van der Waals surface area contributed by atoms with Gasteiger partial charge in [0.2, 0.25) is 5.50 Å². The van der Waals surface area contributed by atoms with Crippen LogP contribution in [-0.2, 0) is 4.79 Å².